The second kappa shape index (κ2) is 11.2. The summed E-state index contributed by atoms with van der Waals surface area (Å²) in [7, 11) is 0. The molecule has 0 unspecified atom stereocenters. The van der Waals surface area contributed by atoms with Gasteiger partial charge in [-0.1, -0.05) is 161 Å². The number of fused-ring (bicyclic) bond motifs is 9. The maximum Gasteiger partial charge on any atom is 0.0159 e. The largest absolute Gasteiger partial charge is 0.0625 e. The van der Waals surface area contributed by atoms with Crippen LogP contribution in [0, 0.1) is 5.92 Å². The van der Waals surface area contributed by atoms with Crippen molar-refractivity contribution in [2.75, 3.05) is 0 Å². The third-order valence-corrected chi connectivity index (χ3v) is 13.3. The average molecular weight is 691 g/mol. The zero-order valence-corrected chi connectivity index (χ0v) is 33.7. The van der Waals surface area contributed by atoms with E-state index in [-0.39, 0.29) is 21.7 Å². The van der Waals surface area contributed by atoms with Gasteiger partial charge in [-0.2, -0.15) is 0 Å². The van der Waals surface area contributed by atoms with Crippen molar-refractivity contribution in [1.82, 2.24) is 0 Å². The maximum atomic E-state index is 2.48. The minimum Gasteiger partial charge on any atom is -0.0625 e. The number of hydrogen-bond donors (Lipinski definition) is 0. The predicted molar refractivity (Wildman–Crippen MR) is 227 cm³/mol. The number of benzene rings is 6. The van der Waals surface area contributed by atoms with E-state index in [9.17, 15) is 0 Å². The zero-order chi connectivity index (χ0) is 37.4. The molecule has 0 fully saturated rings. The molecule has 0 aromatic heterocycles. The van der Waals surface area contributed by atoms with Crippen LogP contribution in [0.5, 0.6) is 0 Å². The molecule has 0 saturated heterocycles. The fraction of sp³-hybridized carbons (Fsp3) is 0.321. The van der Waals surface area contributed by atoms with Gasteiger partial charge in [-0.3, -0.25) is 0 Å². The molecule has 3 aliphatic rings. The second-order valence-electron chi connectivity index (χ2n) is 19.4. The molecule has 9 rings (SSSR count). The highest BCUT2D eigenvalue weighted by Crippen LogP contribution is 2.54. The van der Waals surface area contributed by atoms with Crippen molar-refractivity contribution in [2.24, 2.45) is 5.92 Å². The first kappa shape index (κ1) is 34.1. The fourth-order valence-corrected chi connectivity index (χ4v) is 10.0. The zero-order valence-electron chi connectivity index (χ0n) is 33.7. The van der Waals surface area contributed by atoms with E-state index in [0.717, 1.165) is 6.42 Å². The van der Waals surface area contributed by atoms with Gasteiger partial charge in [0.2, 0.25) is 0 Å². The Balaban J connectivity index is 1.05. The molecule has 6 aromatic carbocycles. The Morgan fingerprint density at radius 3 is 1.04 bits per heavy atom. The Bertz CT molecular complexity index is 2500. The van der Waals surface area contributed by atoms with Crippen molar-refractivity contribution in [1.29, 1.82) is 0 Å². The number of rotatable bonds is 4. The molecule has 0 heterocycles. The van der Waals surface area contributed by atoms with Crippen molar-refractivity contribution >= 4 is 0 Å². The fourth-order valence-electron chi connectivity index (χ4n) is 10.0. The molecule has 266 valence electrons. The molecule has 0 saturated carbocycles. The SMILES string of the molecule is CC(C)Cc1ccc2c(c1)C(C)(C)c1cc(-c3ccc4c(c3)C(C)(C)c3cc(-c5ccc6c(c5)C(C)(C)c5cc(C(C)(C)C)ccc5-6)ccc3-4)ccc1-2. The van der Waals surface area contributed by atoms with Crippen molar-refractivity contribution in [2.45, 2.75) is 104 Å². The Hall–Kier alpha value is -4.68. The monoisotopic (exact) mass is 690 g/mol. The summed E-state index contributed by atoms with van der Waals surface area (Å²) in [5, 5.41) is 0. The molecule has 3 aliphatic carbocycles. The highest BCUT2D eigenvalue weighted by atomic mass is 14.4. The highest BCUT2D eigenvalue weighted by Gasteiger charge is 2.39. The maximum absolute atomic E-state index is 2.48. The molecule has 53 heavy (non-hydrogen) atoms. The van der Waals surface area contributed by atoms with Gasteiger partial charge in [0.15, 0.2) is 0 Å². The van der Waals surface area contributed by atoms with Crippen molar-refractivity contribution in [3.63, 3.8) is 0 Å². The van der Waals surface area contributed by atoms with Gasteiger partial charge in [-0.25, -0.2) is 0 Å². The lowest BCUT2D eigenvalue weighted by Crippen LogP contribution is -2.17. The predicted octanol–water partition coefficient (Wildman–Crippen LogP) is 14.4. The molecule has 0 amide bonds. The highest BCUT2D eigenvalue weighted by molar-refractivity contribution is 5.89. The molecule has 0 aliphatic heterocycles. The van der Waals surface area contributed by atoms with Crippen LogP contribution in [0.25, 0.3) is 55.6 Å². The van der Waals surface area contributed by atoms with E-state index < -0.39 is 0 Å². The van der Waals surface area contributed by atoms with Crippen LogP contribution in [-0.2, 0) is 28.1 Å². The molecular weight excluding hydrogens is 637 g/mol. The molecule has 0 N–H and O–H groups in total. The molecule has 0 heteroatoms. The van der Waals surface area contributed by atoms with E-state index in [1.54, 1.807) is 0 Å². The van der Waals surface area contributed by atoms with E-state index in [1.165, 1.54) is 100 Å². The topological polar surface area (TPSA) is 0 Å². The summed E-state index contributed by atoms with van der Waals surface area (Å²) < 4.78 is 0. The van der Waals surface area contributed by atoms with E-state index in [2.05, 4.69) is 185 Å². The lowest BCUT2D eigenvalue weighted by molar-refractivity contribution is 0.584. The summed E-state index contributed by atoms with van der Waals surface area (Å²) >= 11 is 0. The standard InChI is InChI=1S/C53H54/c1-31(2)24-32-12-18-38-39-19-13-33(26-45(39)51(6,7)44(38)25-32)34-14-20-40-41-21-15-35(28-47(41)52(8,9)46(40)27-34)36-16-22-42-43-23-17-37(50(3,4)5)30-49(43)53(10,11)48(42)29-36/h12-23,25-31H,24H2,1-11H3. The van der Waals surface area contributed by atoms with Gasteiger partial charge in [-0.05, 0) is 142 Å². The Labute approximate surface area is 318 Å². The van der Waals surface area contributed by atoms with E-state index in [0.29, 0.717) is 5.92 Å². The quantitative estimate of drug-likeness (QED) is 0.173. The van der Waals surface area contributed by atoms with Crippen LogP contribution >= 0.6 is 0 Å². The van der Waals surface area contributed by atoms with Gasteiger partial charge in [0.05, 0.1) is 0 Å². The number of hydrogen-bond acceptors (Lipinski definition) is 0. The van der Waals surface area contributed by atoms with Crippen LogP contribution in [0.1, 0.15) is 121 Å². The van der Waals surface area contributed by atoms with Crippen molar-refractivity contribution in [3.8, 4) is 55.6 Å². The summed E-state index contributed by atoms with van der Waals surface area (Å²) in [6, 6.07) is 43.1. The van der Waals surface area contributed by atoms with Crippen molar-refractivity contribution < 1.29 is 0 Å². The first-order valence-electron chi connectivity index (χ1n) is 19.8. The average Bonchev–Trinajstić information content (AvgIpc) is 3.59. The van der Waals surface area contributed by atoms with Gasteiger partial charge in [0.1, 0.15) is 0 Å². The molecular formula is C53H54. The smallest absolute Gasteiger partial charge is 0.0159 e. The van der Waals surface area contributed by atoms with Crippen LogP contribution in [0.2, 0.25) is 0 Å². The lowest BCUT2D eigenvalue weighted by atomic mass is 9.78. The van der Waals surface area contributed by atoms with Gasteiger partial charge < -0.3 is 0 Å². The normalized spacial score (nSPS) is 16.5. The Kier molecular flexibility index (Phi) is 7.19. The van der Waals surface area contributed by atoms with Gasteiger partial charge >= 0.3 is 0 Å². The molecule has 0 nitrogen and oxygen atoms in total. The second-order valence-corrected chi connectivity index (χ2v) is 19.4. The molecule has 0 atom stereocenters. The minimum atomic E-state index is -0.106. The van der Waals surface area contributed by atoms with Gasteiger partial charge in [0, 0.05) is 16.2 Å². The third-order valence-electron chi connectivity index (χ3n) is 13.3. The van der Waals surface area contributed by atoms with E-state index in [1.807, 2.05) is 0 Å². The summed E-state index contributed by atoms with van der Waals surface area (Å²) in [6.07, 6.45) is 1.12. The van der Waals surface area contributed by atoms with E-state index >= 15 is 0 Å². The summed E-state index contributed by atoms with van der Waals surface area (Å²) in [5.41, 5.74) is 24.9. The van der Waals surface area contributed by atoms with Crippen LogP contribution < -0.4 is 0 Å². The Morgan fingerprint density at radius 2 is 0.698 bits per heavy atom. The summed E-state index contributed by atoms with van der Waals surface area (Å²) in [4.78, 5) is 0. The van der Waals surface area contributed by atoms with Crippen LogP contribution in [0.15, 0.2) is 109 Å². The summed E-state index contributed by atoms with van der Waals surface area (Å²) in [5.74, 6) is 0.653. The van der Waals surface area contributed by atoms with Crippen LogP contribution in [0.3, 0.4) is 0 Å². The van der Waals surface area contributed by atoms with Crippen LogP contribution in [0.4, 0.5) is 0 Å². The van der Waals surface area contributed by atoms with Crippen molar-refractivity contribution in [3.05, 3.63) is 154 Å². The Morgan fingerprint density at radius 1 is 0.396 bits per heavy atom. The van der Waals surface area contributed by atoms with Gasteiger partial charge in [-0.15, -0.1) is 0 Å². The molecule has 0 spiro atoms. The molecule has 6 aromatic rings. The first-order chi connectivity index (χ1) is 25.0. The minimum absolute atomic E-state index is 0.0266. The summed E-state index contributed by atoms with van der Waals surface area (Å²) in [6.45, 7) is 26.0. The van der Waals surface area contributed by atoms with E-state index in [4.69, 9.17) is 0 Å². The van der Waals surface area contributed by atoms with Gasteiger partial charge in [0.25, 0.3) is 0 Å². The molecule has 0 bridgehead atoms. The molecule has 0 radical (unpaired) electrons. The first-order valence-corrected chi connectivity index (χ1v) is 19.8. The van der Waals surface area contributed by atoms with Crippen LogP contribution in [-0.4, -0.2) is 0 Å². The third kappa shape index (κ3) is 5.01. The lowest BCUT2D eigenvalue weighted by Gasteiger charge is -2.25.